The van der Waals surface area contributed by atoms with Crippen molar-refractivity contribution >= 4 is 5.71 Å². The molecule has 1 fully saturated rings. The first-order valence-electron chi connectivity index (χ1n) is 5.92. The molecule has 3 nitrogen and oxygen atoms in total. The van der Waals surface area contributed by atoms with Crippen LogP contribution in [0.5, 0.6) is 5.75 Å². The predicted octanol–water partition coefficient (Wildman–Crippen LogP) is 3.10. The van der Waals surface area contributed by atoms with Crippen LogP contribution in [0.25, 0.3) is 0 Å². The van der Waals surface area contributed by atoms with Gasteiger partial charge in [0.15, 0.2) is 0 Å². The summed E-state index contributed by atoms with van der Waals surface area (Å²) >= 11 is 0. The third-order valence-corrected chi connectivity index (χ3v) is 3.70. The van der Waals surface area contributed by atoms with Crippen LogP contribution in [-0.4, -0.2) is 16.5 Å². The van der Waals surface area contributed by atoms with Crippen molar-refractivity contribution in [2.45, 2.75) is 37.7 Å². The van der Waals surface area contributed by atoms with Crippen LogP contribution in [0.3, 0.4) is 0 Å². The lowest BCUT2D eigenvalue weighted by atomic mass is 9.88. The Bertz CT molecular complexity index is 478. The van der Waals surface area contributed by atoms with Gasteiger partial charge in [-0.3, -0.25) is 0 Å². The monoisotopic (exact) mass is 235 g/mol. The van der Waals surface area contributed by atoms with Crippen molar-refractivity contribution in [2.75, 3.05) is 0 Å². The molecule has 0 bridgehead atoms. The topological polar surface area (TPSA) is 41.8 Å². The molecular weight excluding hydrogens is 221 g/mol. The lowest BCUT2D eigenvalue weighted by molar-refractivity contribution is 0.0766. The summed E-state index contributed by atoms with van der Waals surface area (Å²) in [5.41, 5.74) is 0.879. The average molecular weight is 235 g/mol. The van der Waals surface area contributed by atoms with Crippen molar-refractivity contribution in [3.8, 4) is 5.75 Å². The number of rotatable bonds is 0. The number of halogens is 1. The van der Waals surface area contributed by atoms with E-state index in [2.05, 4.69) is 5.16 Å². The zero-order chi connectivity index (χ0) is 11.9. The van der Waals surface area contributed by atoms with E-state index in [1.54, 1.807) is 6.07 Å². The second kappa shape index (κ2) is 3.72. The molecule has 1 aliphatic carbocycles. The highest BCUT2D eigenvalue weighted by Gasteiger charge is 2.42. The van der Waals surface area contributed by atoms with E-state index >= 15 is 0 Å². The molecule has 0 saturated heterocycles. The molecule has 2 aliphatic rings. The van der Waals surface area contributed by atoms with E-state index in [4.69, 9.17) is 9.94 Å². The molecule has 1 saturated carbocycles. The Morgan fingerprint density at radius 3 is 2.76 bits per heavy atom. The summed E-state index contributed by atoms with van der Waals surface area (Å²) < 4.78 is 19.2. The molecule has 1 heterocycles. The molecule has 0 radical (unpaired) electrons. The van der Waals surface area contributed by atoms with Crippen LogP contribution in [0, 0.1) is 5.82 Å². The SMILES string of the molecule is O/N=C1\CC2(CCCC2)Oc2ccc(F)cc21. The molecule has 1 aromatic rings. The maximum Gasteiger partial charge on any atom is 0.129 e. The van der Waals surface area contributed by atoms with Crippen molar-refractivity contribution in [2.24, 2.45) is 5.16 Å². The Labute approximate surface area is 98.9 Å². The highest BCUT2D eigenvalue weighted by atomic mass is 19.1. The molecule has 0 aromatic heterocycles. The van der Waals surface area contributed by atoms with Crippen LogP contribution < -0.4 is 4.74 Å². The maximum atomic E-state index is 13.2. The second-order valence-corrected chi connectivity index (χ2v) is 4.86. The largest absolute Gasteiger partial charge is 0.486 e. The third-order valence-electron chi connectivity index (χ3n) is 3.70. The van der Waals surface area contributed by atoms with Crippen molar-refractivity contribution in [1.29, 1.82) is 0 Å². The summed E-state index contributed by atoms with van der Waals surface area (Å²) in [5.74, 6) is 0.295. The van der Waals surface area contributed by atoms with Crippen molar-refractivity contribution < 1.29 is 14.3 Å². The Balaban J connectivity index is 2.06. The van der Waals surface area contributed by atoms with Crippen LogP contribution >= 0.6 is 0 Å². The summed E-state index contributed by atoms with van der Waals surface area (Å²) in [4.78, 5) is 0. The minimum atomic E-state index is -0.337. The molecule has 1 spiro atoms. The van der Waals surface area contributed by atoms with Gasteiger partial charge in [-0.15, -0.1) is 0 Å². The molecule has 0 atom stereocenters. The fourth-order valence-corrected chi connectivity index (χ4v) is 2.87. The van der Waals surface area contributed by atoms with Crippen LogP contribution in [-0.2, 0) is 0 Å². The van der Waals surface area contributed by atoms with Gasteiger partial charge in [0.25, 0.3) is 0 Å². The Morgan fingerprint density at radius 2 is 2.06 bits per heavy atom. The van der Waals surface area contributed by atoms with E-state index in [0.717, 1.165) is 25.7 Å². The van der Waals surface area contributed by atoms with Crippen molar-refractivity contribution in [3.05, 3.63) is 29.6 Å². The normalized spacial score (nSPS) is 23.7. The number of hydrogen-bond acceptors (Lipinski definition) is 3. The van der Waals surface area contributed by atoms with Gasteiger partial charge in [-0.1, -0.05) is 5.16 Å². The fraction of sp³-hybridized carbons (Fsp3) is 0.462. The van der Waals surface area contributed by atoms with Crippen molar-refractivity contribution in [1.82, 2.24) is 0 Å². The third kappa shape index (κ3) is 1.68. The zero-order valence-electron chi connectivity index (χ0n) is 9.45. The zero-order valence-corrected chi connectivity index (χ0v) is 9.45. The van der Waals surface area contributed by atoms with Gasteiger partial charge in [-0.25, -0.2) is 4.39 Å². The standard InChI is InChI=1S/C13H14FNO2/c14-9-3-4-12-10(7-9)11(15-16)8-13(17-12)5-1-2-6-13/h3-4,7,16H,1-2,5-6,8H2/b15-11+. The van der Waals surface area contributed by atoms with Gasteiger partial charge in [-0.05, 0) is 43.9 Å². The predicted molar refractivity (Wildman–Crippen MR) is 61.2 cm³/mol. The smallest absolute Gasteiger partial charge is 0.129 e. The van der Waals surface area contributed by atoms with E-state index in [0.29, 0.717) is 23.4 Å². The van der Waals surface area contributed by atoms with Gasteiger partial charge in [0.2, 0.25) is 0 Å². The molecule has 4 heteroatoms. The van der Waals surface area contributed by atoms with Gasteiger partial charge in [0.05, 0.1) is 5.71 Å². The summed E-state index contributed by atoms with van der Waals surface area (Å²) in [6.07, 6.45) is 4.79. The first-order chi connectivity index (χ1) is 8.22. The fourth-order valence-electron chi connectivity index (χ4n) is 2.87. The summed E-state index contributed by atoms with van der Waals surface area (Å²) in [5, 5.41) is 12.4. The lowest BCUT2D eigenvalue weighted by Crippen LogP contribution is -2.39. The minimum Gasteiger partial charge on any atom is -0.486 e. The minimum absolute atomic E-state index is 0.230. The molecule has 17 heavy (non-hydrogen) atoms. The molecule has 1 aliphatic heterocycles. The molecule has 3 rings (SSSR count). The first-order valence-corrected chi connectivity index (χ1v) is 5.92. The second-order valence-electron chi connectivity index (χ2n) is 4.86. The van der Waals surface area contributed by atoms with Gasteiger partial charge in [-0.2, -0.15) is 0 Å². The Kier molecular flexibility index (Phi) is 2.31. The molecule has 0 unspecified atom stereocenters. The molecule has 1 N–H and O–H groups in total. The Morgan fingerprint density at radius 1 is 1.29 bits per heavy atom. The molecular formula is C13H14FNO2. The van der Waals surface area contributed by atoms with E-state index in [-0.39, 0.29) is 11.4 Å². The van der Waals surface area contributed by atoms with Crippen LogP contribution in [0.4, 0.5) is 4.39 Å². The number of nitrogens with zero attached hydrogens (tertiary/aromatic N) is 1. The van der Waals surface area contributed by atoms with E-state index in [1.807, 2.05) is 0 Å². The molecule has 1 aromatic carbocycles. The summed E-state index contributed by atoms with van der Waals surface area (Å²) in [6, 6.07) is 4.36. The van der Waals surface area contributed by atoms with E-state index < -0.39 is 0 Å². The highest BCUT2D eigenvalue weighted by molar-refractivity contribution is 6.04. The molecule has 90 valence electrons. The van der Waals surface area contributed by atoms with Gasteiger partial charge in [0.1, 0.15) is 17.2 Å². The van der Waals surface area contributed by atoms with Crippen LogP contribution in [0.15, 0.2) is 23.4 Å². The van der Waals surface area contributed by atoms with Crippen molar-refractivity contribution in [3.63, 3.8) is 0 Å². The highest BCUT2D eigenvalue weighted by Crippen LogP contribution is 2.43. The number of ether oxygens (including phenoxy) is 1. The quantitative estimate of drug-likeness (QED) is 0.554. The number of hydrogen-bond donors (Lipinski definition) is 1. The number of fused-ring (bicyclic) bond motifs is 1. The van der Waals surface area contributed by atoms with Gasteiger partial charge >= 0.3 is 0 Å². The van der Waals surface area contributed by atoms with E-state index in [9.17, 15) is 4.39 Å². The number of benzene rings is 1. The summed E-state index contributed by atoms with van der Waals surface area (Å²) in [6.45, 7) is 0. The number of oxime groups is 1. The van der Waals surface area contributed by atoms with E-state index in [1.165, 1.54) is 12.1 Å². The summed E-state index contributed by atoms with van der Waals surface area (Å²) in [7, 11) is 0. The Hall–Kier alpha value is -1.58. The van der Waals surface area contributed by atoms with Crippen LogP contribution in [0.1, 0.15) is 37.7 Å². The first kappa shape index (κ1) is 10.6. The molecule has 0 amide bonds. The lowest BCUT2D eigenvalue weighted by Gasteiger charge is -2.35. The van der Waals surface area contributed by atoms with Gasteiger partial charge < -0.3 is 9.94 Å². The maximum absolute atomic E-state index is 13.2. The average Bonchev–Trinajstić information content (AvgIpc) is 2.77. The van der Waals surface area contributed by atoms with Gasteiger partial charge in [0, 0.05) is 12.0 Å². The van der Waals surface area contributed by atoms with Crippen LogP contribution in [0.2, 0.25) is 0 Å².